The van der Waals surface area contributed by atoms with Crippen LogP contribution in [0.4, 0.5) is 0 Å². The second-order valence-electron chi connectivity index (χ2n) is 0.993. The Hall–Kier alpha value is 0.177. The molecule has 0 saturated carbocycles. The van der Waals surface area contributed by atoms with Crippen LogP contribution in [0.3, 0.4) is 0 Å². The van der Waals surface area contributed by atoms with Gasteiger partial charge in [0.2, 0.25) is 0 Å². The molecule has 0 atom stereocenters. The van der Waals surface area contributed by atoms with Gasteiger partial charge in [-0.05, 0) is 0 Å². The summed E-state index contributed by atoms with van der Waals surface area (Å²) in [4.78, 5) is 0. The Morgan fingerprint density at radius 1 is 1.80 bits per heavy atom. The number of methoxy groups -OCH3 is 1. The van der Waals surface area contributed by atoms with Crippen molar-refractivity contribution in [2.24, 2.45) is 0 Å². The van der Waals surface area contributed by atoms with Gasteiger partial charge in [0.15, 0.2) is 0 Å². The molecule has 0 N–H and O–H groups in total. The van der Waals surface area contributed by atoms with Crippen LogP contribution in [-0.2, 0) is 4.74 Å². The third-order valence-corrected chi connectivity index (χ3v) is 1.22. The smallest absolute Gasteiger partial charge is 0.0485 e. The summed E-state index contributed by atoms with van der Waals surface area (Å²) >= 11 is 0. The molecule has 0 unspecified atom stereocenters. The van der Waals surface area contributed by atoms with E-state index < -0.39 is 0 Å². The molecule has 0 aliphatic rings. The van der Waals surface area contributed by atoms with Gasteiger partial charge < -0.3 is 4.74 Å². The Bertz CT molecular complexity index is 14.4. The molecule has 0 rings (SSSR count). The van der Waals surface area contributed by atoms with E-state index >= 15 is 0 Å². The SMILES string of the molecule is COC[SiH2]C. The highest BCUT2D eigenvalue weighted by atomic mass is 28.2. The Labute approximate surface area is 35.2 Å². The van der Waals surface area contributed by atoms with Crippen molar-refractivity contribution < 1.29 is 4.74 Å². The minimum Gasteiger partial charge on any atom is -0.389 e. The van der Waals surface area contributed by atoms with Crippen LogP contribution < -0.4 is 0 Å². The monoisotopic (exact) mass is 90.1 g/mol. The predicted octanol–water partition coefficient (Wildman–Crippen LogP) is -0.193. The van der Waals surface area contributed by atoms with E-state index in [0.29, 0.717) is 0 Å². The second kappa shape index (κ2) is 4.18. The zero-order valence-corrected chi connectivity index (χ0v) is 5.24. The minimum absolute atomic E-state index is 0.192. The van der Waals surface area contributed by atoms with E-state index in [2.05, 4.69) is 6.55 Å². The molecule has 1 nitrogen and oxygen atoms in total. The standard InChI is InChI=1S/C3H10OSi/c1-4-3-5-2/h3,5H2,1-2H3. The third-order valence-electron chi connectivity index (χ3n) is 0.408. The normalized spacial score (nSPS) is 10.8. The molecular formula is C3H10OSi. The number of hydrogen-bond donors (Lipinski definition) is 0. The summed E-state index contributed by atoms with van der Waals surface area (Å²) in [5, 5.41) is 0. The van der Waals surface area contributed by atoms with Crippen molar-refractivity contribution in [3.05, 3.63) is 0 Å². The molecule has 32 valence electrons. The average molecular weight is 90.2 g/mol. The molecular weight excluding hydrogens is 80.1 g/mol. The molecule has 0 heterocycles. The van der Waals surface area contributed by atoms with Crippen LogP contribution in [0.5, 0.6) is 0 Å². The summed E-state index contributed by atoms with van der Waals surface area (Å²) in [6.07, 6.45) is 1.03. The fourth-order valence-corrected chi connectivity index (χ4v) is 0.612. The van der Waals surface area contributed by atoms with Crippen molar-refractivity contribution in [1.82, 2.24) is 0 Å². The lowest BCUT2D eigenvalue weighted by atomic mass is 11.5. The quantitative estimate of drug-likeness (QED) is 0.427. The Morgan fingerprint density at radius 3 is 2.40 bits per heavy atom. The first kappa shape index (κ1) is 5.18. The highest BCUT2D eigenvalue weighted by Gasteiger charge is 1.67. The highest BCUT2D eigenvalue weighted by Crippen LogP contribution is 1.57. The van der Waals surface area contributed by atoms with E-state index in [0.717, 1.165) is 6.23 Å². The zero-order valence-electron chi connectivity index (χ0n) is 3.82. The molecule has 0 aliphatic heterocycles. The molecule has 2 heteroatoms. The first-order valence-electron chi connectivity index (χ1n) is 1.90. The van der Waals surface area contributed by atoms with Crippen LogP contribution in [0.15, 0.2) is 0 Å². The predicted molar refractivity (Wildman–Crippen MR) is 26.3 cm³/mol. The first-order valence-corrected chi connectivity index (χ1v) is 4.32. The fraction of sp³-hybridized carbons (Fsp3) is 1.00. The Kier molecular flexibility index (Phi) is 4.32. The summed E-state index contributed by atoms with van der Waals surface area (Å²) in [7, 11) is 1.94. The van der Waals surface area contributed by atoms with Gasteiger partial charge in [-0.25, -0.2) is 0 Å². The molecule has 0 aromatic rings. The van der Waals surface area contributed by atoms with Crippen LogP contribution in [0.25, 0.3) is 0 Å². The maximum absolute atomic E-state index is 4.75. The molecule has 0 radical (unpaired) electrons. The van der Waals surface area contributed by atoms with Gasteiger partial charge in [0.25, 0.3) is 0 Å². The second-order valence-corrected chi connectivity index (χ2v) is 2.40. The summed E-state index contributed by atoms with van der Waals surface area (Å²) < 4.78 is 4.75. The van der Waals surface area contributed by atoms with Crippen LogP contribution in [0.2, 0.25) is 6.55 Å². The van der Waals surface area contributed by atoms with Crippen LogP contribution in [0, 0.1) is 0 Å². The van der Waals surface area contributed by atoms with E-state index in [1.54, 1.807) is 7.11 Å². The van der Waals surface area contributed by atoms with Gasteiger partial charge in [0, 0.05) is 22.9 Å². The minimum atomic E-state index is 0.192. The third kappa shape index (κ3) is 4.18. The average Bonchev–Trinajstić information content (AvgIpc) is 1.41. The molecule has 0 aromatic carbocycles. The molecule has 0 aliphatic carbocycles. The van der Waals surface area contributed by atoms with Crippen molar-refractivity contribution in [2.75, 3.05) is 13.3 Å². The van der Waals surface area contributed by atoms with Gasteiger partial charge >= 0.3 is 0 Å². The van der Waals surface area contributed by atoms with Crippen LogP contribution in [-0.4, -0.2) is 22.9 Å². The van der Waals surface area contributed by atoms with Gasteiger partial charge in [-0.3, -0.25) is 0 Å². The summed E-state index contributed by atoms with van der Waals surface area (Å²) in [6, 6.07) is 0. The Morgan fingerprint density at radius 2 is 2.40 bits per heavy atom. The number of hydrogen-bond acceptors (Lipinski definition) is 1. The summed E-state index contributed by atoms with van der Waals surface area (Å²) in [6.45, 7) is 2.23. The van der Waals surface area contributed by atoms with Gasteiger partial charge in [-0.15, -0.1) is 0 Å². The lowest BCUT2D eigenvalue weighted by Crippen LogP contribution is -1.92. The lowest BCUT2D eigenvalue weighted by Gasteiger charge is -1.83. The number of rotatable bonds is 2. The van der Waals surface area contributed by atoms with E-state index in [1.807, 2.05) is 0 Å². The van der Waals surface area contributed by atoms with E-state index in [9.17, 15) is 0 Å². The van der Waals surface area contributed by atoms with Gasteiger partial charge in [0.05, 0.1) is 0 Å². The maximum Gasteiger partial charge on any atom is 0.0485 e. The number of ether oxygens (including phenoxy) is 1. The van der Waals surface area contributed by atoms with Crippen molar-refractivity contribution in [2.45, 2.75) is 6.55 Å². The molecule has 0 bridgehead atoms. The lowest BCUT2D eigenvalue weighted by molar-refractivity contribution is 0.252. The van der Waals surface area contributed by atoms with Crippen molar-refractivity contribution in [1.29, 1.82) is 0 Å². The topological polar surface area (TPSA) is 9.23 Å². The highest BCUT2D eigenvalue weighted by molar-refractivity contribution is 6.33. The van der Waals surface area contributed by atoms with E-state index in [-0.39, 0.29) is 9.52 Å². The molecule has 0 aromatic heterocycles. The fourth-order valence-electron chi connectivity index (χ4n) is 0.204. The van der Waals surface area contributed by atoms with Gasteiger partial charge in [0.1, 0.15) is 0 Å². The van der Waals surface area contributed by atoms with Crippen molar-refractivity contribution in [3.8, 4) is 0 Å². The molecule has 0 amide bonds. The van der Waals surface area contributed by atoms with E-state index in [1.165, 1.54) is 0 Å². The molecule has 0 fully saturated rings. The van der Waals surface area contributed by atoms with Crippen LogP contribution in [0.1, 0.15) is 0 Å². The molecule has 5 heavy (non-hydrogen) atoms. The largest absolute Gasteiger partial charge is 0.389 e. The van der Waals surface area contributed by atoms with Crippen molar-refractivity contribution >= 4 is 9.52 Å². The zero-order chi connectivity index (χ0) is 4.12. The maximum atomic E-state index is 4.75. The molecule has 0 saturated heterocycles. The van der Waals surface area contributed by atoms with Gasteiger partial charge in [-0.1, -0.05) is 6.55 Å². The molecule has 0 spiro atoms. The first-order chi connectivity index (χ1) is 2.41. The van der Waals surface area contributed by atoms with Gasteiger partial charge in [-0.2, -0.15) is 0 Å². The summed E-state index contributed by atoms with van der Waals surface area (Å²) in [5.74, 6) is 0. The van der Waals surface area contributed by atoms with Crippen LogP contribution >= 0.6 is 0 Å². The summed E-state index contributed by atoms with van der Waals surface area (Å²) in [5.41, 5.74) is 0. The van der Waals surface area contributed by atoms with E-state index in [4.69, 9.17) is 4.74 Å². The Balaban J connectivity index is 2.19. The van der Waals surface area contributed by atoms with Crippen molar-refractivity contribution in [3.63, 3.8) is 0 Å².